The van der Waals surface area contributed by atoms with Gasteiger partial charge in [0.05, 0.1) is 11.3 Å². The van der Waals surface area contributed by atoms with Gasteiger partial charge in [0, 0.05) is 17.4 Å². The molecule has 0 atom stereocenters. The molecule has 0 unspecified atom stereocenters. The summed E-state index contributed by atoms with van der Waals surface area (Å²) in [6.07, 6.45) is 4.19. The SMILES string of the molecule is N#Cc1cc2c(nc1SCC(=O)Nc1ccc3c(c1)OCCO3)CCCC2. The fourth-order valence-electron chi connectivity index (χ4n) is 3.26. The summed E-state index contributed by atoms with van der Waals surface area (Å²) < 4.78 is 11.0. The molecule has 1 aliphatic heterocycles. The molecule has 2 aliphatic rings. The van der Waals surface area contributed by atoms with Crippen molar-refractivity contribution in [2.24, 2.45) is 0 Å². The summed E-state index contributed by atoms with van der Waals surface area (Å²) in [7, 11) is 0. The smallest absolute Gasteiger partial charge is 0.234 e. The molecule has 2 heterocycles. The summed E-state index contributed by atoms with van der Waals surface area (Å²) in [5, 5.41) is 12.9. The number of rotatable bonds is 4. The predicted molar refractivity (Wildman–Crippen MR) is 102 cm³/mol. The molecule has 1 amide bonds. The molecule has 1 aromatic heterocycles. The Morgan fingerprint density at radius 2 is 2.00 bits per heavy atom. The van der Waals surface area contributed by atoms with Gasteiger partial charge in [-0.25, -0.2) is 4.98 Å². The van der Waals surface area contributed by atoms with Crippen LogP contribution in [0, 0.1) is 11.3 Å². The molecule has 0 saturated heterocycles. The van der Waals surface area contributed by atoms with Crippen molar-refractivity contribution in [3.8, 4) is 17.6 Å². The maximum atomic E-state index is 12.3. The van der Waals surface area contributed by atoms with E-state index in [1.54, 1.807) is 18.2 Å². The number of pyridine rings is 1. The van der Waals surface area contributed by atoms with Gasteiger partial charge in [0.15, 0.2) is 11.5 Å². The third kappa shape index (κ3) is 4.01. The van der Waals surface area contributed by atoms with Crippen LogP contribution in [0.1, 0.15) is 29.7 Å². The Hall–Kier alpha value is -2.72. The van der Waals surface area contributed by atoms with Crippen LogP contribution in [0.4, 0.5) is 5.69 Å². The maximum absolute atomic E-state index is 12.3. The van der Waals surface area contributed by atoms with Crippen molar-refractivity contribution < 1.29 is 14.3 Å². The molecular weight excluding hydrogens is 362 g/mol. The minimum absolute atomic E-state index is 0.153. The summed E-state index contributed by atoms with van der Waals surface area (Å²) in [5.74, 6) is 1.36. The Labute approximate surface area is 161 Å². The first-order valence-electron chi connectivity index (χ1n) is 8.98. The number of hydrogen-bond acceptors (Lipinski definition) is 6. The number of amides is 1. The van der Waals surface area contributed by atoms with E-state index in [2.05, 4.69) is 16.4 Å². The van der Waals surface area contributed by atoms with E-state index in [1.165, 1.54) is 17.3 Å². The summed E-state index contributed by atoms with van der Waals surface area (Å²) >= 11 is 1.30. The van der Waals surface area contributed by atoms with Crippen molar-refractivity contribution in [2.75, 3.05) is 24.3 Å². The number of aromatic nitrogens is 1. The number of anilines is 1. The van der Waals surface area contributed by atoms with Gasteiger partial charge in [-0.2, -0.15) is 5.26 Å². The molecule has 27 heavy (non-hydrogen) atoms. The summed E-state index contributed by atoms with van der Waals surface area (Å²) in [5.41, 5.74) is 3.44. The van der Waals surface area contributed by atoms with Gasteiger partial charge in [-0.3, -0.25) is 4.79 Å². The first-order valence-corrected chi connectivity index (χ1v) is 9.96. The molecule has 138 valence electrons. The van der Waals surface area contributed by atoms with Crippen LogP contribution < -0.4 is 14.8 Å². The topological polar surface area (TPSA) is 84.2 Å². The summed E-state index contributed by atoms with van der Waals surface area (Å²) in [6, 6.07) is 9.47. The van der Waals surface area contributed by atoms with Crippen LogP contribution >= 0.6 is 11.8 Å². The van der Waals surface area contributed by atoms with Crippen molar-refractivity contribution >= 4 is 23.4 Å². The lowest BCUT2D eigenvalue weighted by molar-refractivity contribution is -0.113. The highest BCUT2D eigenvalue weighted by Crippen LogP contribution is 2.33. The largest absolute Gasteiger partial charge is 0.486 e. The molecule has 6 nitrogen and oxygen atoms in total. The Kier molecular flexibility index (Phi) is 5.16. The molecule has 1 aliphatic carbocycles. The number of carbonyl (C=O) groups is 1. The highest BCUT2D eigenvalue weighted by Gasteiger charge is 2.17. The summed E-state index contributed by atoms with van der Waals surface area (Å²) in [6.45, 7) is 1.03. The van der Waals surface area contributed by atoms with Gasteiger partial charge < -0.3 is 14.8 Å². The van der Waals surface area contributed by atoms with Gasteiger partial charge >= 0.3 is 0 Å². The van der Waals surface area contributed by atoms with Crippen LogP contribution in [0.15, 0.2) is 29.3 Å². The van der Waals surface area contributed by atoms with Gasteiger partial charge in [0.2, 0.25) is 5.91 Å². The fraction of sp³-hybridized carbons (Fsp3) is 0.350. The van der Waals surface area contributed by atoms with E-state index in [1.807, 2.05) is 6.07 Å². The number of fused-ring (bicyclic) bond motifs is 2. The molecule has 0 radical (unpaired) electrons. The highest BCUT2D eigenvalue weighted by molar-refractivity contribution is 8.00. The minimum Gasteiger partial charge on any atom is -0.486 e. The van der Waals surface area contributed by atoms with E-state index in [0.717, 1.165) is 31.4 Å². The van der Waals surface area contributed by atoms with Crippen LogP contribution in [-0.2, 0) is 17.6 Å². The molecular formula is C20H19N3O3S. The molecule has 0 spiro atoms. The number of benzene rings is 1. The van der Waals surface area contributed by atoms with Crippen LogP contribution in [0.2, 0.25) is 0 Å². The molecule has 1 N–H and O–H groups in total. The lowest BCUT2D eigenvalue weighted by Crippen LogP contribution is -2.17. The van der Waals surface area contributed by atoms with Crippen LogP contribution in [-0.4, -0.2) is 29.9 Å². The van der Waals surface area contributed by atoms with Crippen LogP contribution in [0.5, 0.6) is 11.5 Å². The average molecular weight is 381 g/mol. The molecule has 1 aromatic carbocycles. The van der Waals surface area contributed by atoms with E-state index in [0.29, 0.717) is 41.0 Å². The zero-order valence-electron chi connectivity index (χ0n) is 14.8. The van der Waals surface area contributed by atoms with E-state index in [4.69, 9.17) is 9.47 Å². The molecule has 0 saturated carbocycles. The van der Waals surface area contributed by atoms with E-state index in [-0.39, 0.29) is 11.7 Å². The van der Waals surface area contributed by atoms with Crippen molar-refractivity contribution in [3.63, 3.8) is 0 Å². The molecule has 4 rings (SSSR count). The second-order valence-electron chi connectivity index (χ2n) is 6.46. The third-order valence-electron chi connectivity index (χ3n) is 4.55. The minimum atomic E-state index is -0.153. The molecule has 0 bridgehead atoms. The Balaban J connectivity index is 1.41. The van der Waals surface area contributed by atoms with E-state index in [9.17, 15) is 10.1 Å². The van der Waals surface area contributed by atoms with Gasteiger partial charge in [-0.15, -0.1) is 0 Å². The Morgan fingerprint density at radius 3 is 2.85 bits per heavy atom. The van der Waals surface area contributed by atoms with Gasteiger partial charge in [-0.1, -0.05) is 11.8 Å². The summed E-state index contributed by atoms with van der Waals surface area (Å²) in [4.78, 5) is 17.0. The van der Waals surface area contributed by atoms with E-state index < -0.39 is 0 Å². The highest BCUT2D eigenvalue weighted by atomic mass is 32.2. The fourth-order valence-corrected chi connectivity index (χ4v) is 4.03. The number of nitrogens with one attached hydrogen (secondary N) is 1. The second kappa shape index (κ2) is 7.89. The second-order valence-corrected chi connectivity index (χ2v) is 7.43. The lowest BCUT2D eigenvalue weighted by atomic mass is 9.95. The first kappa shape index (κ1) is 17.7. The Bertz CT molecular complexity index is 923. The van der Waals surface area contributed by atoms with Gasteiger partial charge in [0.1, 0.15) is 24.3 Å². The molecule has 2 aromatic rings. The maximum Gasteiger partial charge on any atom is 0.234 e. The van der Waals surface area contributed by atoms with Crippen molar-refractivity contribution in [1.82, 2.24) is 4.98 Å². The number of nitrogens with zero attached hydrogens (tertiary/aromatic N) is 2. The Morgan fingerprint density at radius 1 is 1.19 bits per heavy atom. The number of hydrogen-bond donors (Lipinski definition) is 1. The zero-order valence-corrected chi connectivity index (χ0v) is 15.6. The number of nitriles is 1. The van der Waals surface area contributed by atoms with Crippen LogP contribution in [0.25, 0.3) is 0 Å². The first-order chi connectivity index (χ1) is 13.2. The predicted octanol–water partition coefficient (Wildman–Crippen LogP) is 3.33. The van der Waals surface area contributed by atoms with Crippen molar-refractivity contribution in [2.45, 2.75) is 30.7 Å². The van der Waals surface area contributed by atoms with E-state index >= 15 is 0 Å². The number of aryl methyl sites for hydroxylation is 2. The standard InChI is InChI=1S/C20H19N3O3S/c21-11-14-9-13-3-1-2-4-16(13)23-20(14)27-12-19(24)22-15-5-6-17-18(10-15)26-8-7-25-17/h5-6,9-10H,1-4,7-8,12H2,(H,22,24). The van der Waals surface area contributed by atoms with Crippen molar-refractivity contribution in [3.05, 3.63) is 41.1 Å². The van der Waals surface area contributed by atoms with Crippen LogP contribution in [0.3, 0.4) is 0 Å². The quantitative estimate of drug-likeness (QED) is 0.818. The third-order valence-corrected chi connectivity index (χ3v) is 5.54. The zero-order chi connectivity index (χ0) is 18.6. The number of ether oxygens (including phenoxy) is 2. The lowest BCUT2D eigenvalue weighted by Gasteiger charge is -2.19. The number of carbonyl (C=O) groups excluding carboxylic acids is 1. The van der Waals surface area contributed by atoms with Gasteiger partial charge in [0.25, 0.3) is 0 Å². The average Bonchev–Trinajstić information content (AvgIpc) is 2.71. The number of thioether (sulfide) groups is 1. The van der Waals surface area contributed by atoms with Crippen molar-refractivity contribution in [1.29, 1.82) is 5.26 Å². The molecule has 0 fully saturated rings. The molecule has 7 heteroatoms. The normalized spacial score (nSPS) is 14.8. The monoisotopic (exact) mass is 381 g/mol. The van der Waals surface area contributed by atoms with Gasteiger partial charge in [-0.05, 0) is 49.4 Å².